The van der Waals surface area contributed by atoms with Gasteiger partial charge in [-0.3, -0.25) is 10.1 Å². The quantitative estimate of drug-likeness (QED) is 0.454. The zero-order valence-electron chi connectivity index (χ0n) is 12.0. The smallest absolute Gasteiger partial charge is 0.259 e. The molecule has 0 fully saturated rings. The van der Waals surface area contributed by atoms with Crippen LogP contribution in [0.5, 0.6) is 0 Å². The standard InChI is InChI=1S/C16H9Cl2N3OS2/c17-13-5-9(14(18)24-13)12-7-23-16(20-12)21-15(22)10-6-19-11-4-2-1-3-8(10)11/h1-7,19H,(H,20,21,22). The summed E-state index contributed by atoms with van der Waals surface area (Å²) in [6, 6.07) is 9.42. The monoisotopic (exact) mass is 393 g/mol. The van der Waals surface area contributed by atoms with Gasteiger partial charge in [-0.25, -0.2) is 4.98 Å². The van der Waals surface area contributed by atoms with Crippen LogP contribution in [0.4, 0.5) is 5.13 Å². The number of thiazole rings is 1. The van der Waals surface area contributed by atoms with Crippen molar-refractivity contribution in [3.05, 3.63) is 56.1 Å². The maximum atomic E-state index is 12.5. The lowest BCUT2D eigenvalue weighted by Crippen LogP contribution is -2.11. The van der Waals surface area contributed by atoms with Crippen LogP contribution in [0.15, 0.2) is 41.9 Å². The number of hydrogen-bond acceptors (Lipinski definition) is 4. The van der Waals surface area contributed by atoms with Crippen molar-refractivity contribution >= 4 is 67.8 Å². The van der Waals surface area contributed by atoms with Crippen LogP contribution < -0.4 is 5.32 Å². The minimum atomic E-state index is -0.206. The summed E-state index contributed by atoms with van der Waals surface area (Å²) in [4.78, 5) is 20.0. The number of aromatic amines is 1. The third kappa shape index (κ3) is 2.82. The van der Waals surface area contributed by atoms with Crippen molar-refractivity contribution in [2.45, 2.75) is 0 Å². The predicted molar refractivity (Wildman–Crippen MR) is 102 cm³/mol. The maximum Gasteiger partial charge on any atom is 0.259 e. The summed E-state index contributed by atoms with van der Waals surface area (Å²) in [5.74, 6) is -0.206. The number of nitrogens with zero attached hydrogens (tertiary/aromatic N) is 1. The number of aromatic nitrogens is 2. The highest BCUT2D eigenvalue weighted by Crippen LogP contribution is 2.39. The topological polar surface area (TPSA) is 57.8 Å². The summed E-state index contributed by atoms with van der Waals surface area (Å²) in [5, 5.41) is 6.06. The second kappa shape index (κ2) is 6.22. The molecule has 0 aliphatic rings. The van der Waals surface area contributed by atoms with Crippen LogP contribution in [0.25, 0.3) is 22.2 Å². The molecule has 2 N–H and O–H groups in total. The summed E-state index contributed by atoms with van der Waals surface area (Å²) in [7, 11) is 0. The van der Waals surface area contributed by atoms with Gasteiger partial charge in [0.15, 0.2) is 5.13 Å². The Morgan fingerprint density at radius 2 is 2.08 bits per heavy atom. The predicted octanol–water partition coefficient (Wildman–Crippen LogP) is 5.91. The number of fused-ring (bicyclic) bond motifs is 1. The highest BCUT2D eigenvalue weighted by atomic mass is 35.5. The molecule has 0 bridgehead atoms. The van der Waals surface area contributed by atoms with Gasteiger partial charge in [-0.15, -0.1) is 22.7 Å². The second-order valence-electron chi connectivity index (χ2n) is 4.98. The zero-order chi connectivity index (χ0) is 16.7. The molecule has 1 aromatic carbocycles. The summed E-state index contributed by atoms with van der Waals surface area (Å²) < 4.78 is 1.19. The van der Waals surface area contributed by atoms with Gasteiger partial charge < -0.3 is 4.98 Å². The number of benzene rings is 1. The summed E-state index contributed by atoms with van der Waals surface area (Å²) >= 11 is 14.7. The lowest BCUT2D eigenvalue weighted by Gasteiger charge is -2.00. The van der Waals surface area contributed by atoms with E-state index in [0.717, 1.165) is 16.5 Å². The van der Waals surface area contributed by atoms with Gasteiger partial charge in [-0.05, 0) is 12.1 Å². The first-order valence-corrected chi connectivity index (χ1v) is 9.35. The van der Waals surface area contributed by atoms with Crippen LogP contribution in [0, 0.1) is 0 Å². The van der Waals surface area contributed by atoms with Crippen molar-refractivity contribution in [2.24, 2.45) is 0 Å². The molecule has 120 valence electrons. The fraction of sp³-hybridized carbons (Fsp3) is 0. The van der Waals surface area contributed by atoms with Gasteiger partial charge in [0.25, 0.3) is 5.91 Å². The summed E-state index contributed by atoms with van der Waals surface area (Å²) in [6.07, 6.45) is 1.70. The molecule has 3 aromatic heterocycles. The Labute approximate surface area is 155 Å². The van der Waals surface area contributed by atoms with E-state index in [9.17, 15) is 4.79 Å². The van der Waals surface area contributed by atoms with Crippen LogP contribution in [-0.4, -0.2) is 15.9 Å². The Hall–Kier alpha value is -1.86. The molecule has 0 aliphatic heterocycles. The van der Waals surface area contributed by atoms with Crippen molar-refractivity contribution in [1.82, 2.24) is 9.97 Å². The average Bonchev–Trinajstić information content (AvgIpc) is 3.25. The third-order valence-corrected chi connectivity index (χ3v) is 5.74. The van der Waals surface area contributed by atoms with E-state index in [1.165, 1.54) is 22.7 Å². The van der Waals surface area contributed by atoms with E-state index >= 15 is 0 Å². The number of amides is 1. The van der Waals surface area contributed by atoms with E-state index in [1.807, 2.05) is 29.6 Å². The Bertz CT molecular complexity index is 1050. The largest absolute Gasteiger partial charge is 0.360 e. The van der Waals surface area contributed by atoms with Gasteiger partial charge in [0.2, 0.25) is 0 Å². The second-order valence-corrected chi connectivity index (χ2v) is 8.12. The molecule has 4 rings (SSSR count). The molecule has 4 nitrogen and oxygen atoms in total. The van der Waals surface area contributed by atoms with Gasteiger partial charge >= 0.3 is 0 Å². The number of anilines is 1. The zero-order valence-corrected chi connectivity index (χ0v) is 15.1. The number of H-pyrrole nitrogens is 1. The van der Waals surface area contributed by atoms with Gasteiger partial charge in [-0.2, -0.15) is 0 Å². The van der Waals surface area contributed by atoms with Crippen LogP contribution in [0.3, 0.4) is 0 Å². The molecule has 0 spiro atoms. The molecule has 4 aromatic rings. The molecule has 0 saturated heterocycles. The van der Waals surface area contributed by atoms with Crippen molar-refractivity contribution in [3.8, 4) is 11.3 Å². The van der Waals surface area contributed by atoms with Crippen molar-refractivity contribution in [2.75, 3.05) is 5.32 Å². The lowest BCUT2D eigenvalue weighted by atomic mass is 10.2. The van der Waals surface area contributed by atoms with Gasteiger partial charge in [-0.1, -0.05) is 41.4 Å². The van der Waals surface area contributed by atoms with E-state index in [2.05, 4.69) is 15.3 Å². The number of rotatable bonds is 3. The fourth-order valence-electron chi connectivity index (χ4n) is 2.39. The molecule has 0 radical (unpaired) electrons. The maximum absolute atomic E-state index is 12.5. The molecular weight excluding hydrogens is 385 g/mol. The highest BCUT2D eigenvalue weighted by molar-refractivity contribution is 7.20. The van der Waals surface area contributed by atoms with Crippen molar-refractivity contribution < 1.29 is 4.79 Å². The van der Waals surface area contributed by atoms with Crippen LogP contribution in [0.1, 0.15) is 10.4 Å². The Morgan fingerprint density at radius 3 is 2.88 bits per heavy atom. The van der Waals surface area contributed by atoms with Gasteiger partial charge in [0.05, 0.1) is 15.6 Å². The Morgan fingerprint density at radius 1 is 1.25 bits per heavy atom. The molecule has 24 heavy (non-hydrogen) atoms. The molecule has 0 atom stereocenters. The van der Waals surface area contributed by atoms with Crippen LogP contribution in [0.2, 0.25) is 8.67 Å². The Balaban J connectivity index is 1.60. The number of halogens is 2. The number of thiophene rings is 1. The molecule has 0 saturated carbocycles. The molecule has 0 aliphatic carbocycles. The first kappa shape index (κ1) is 15.7. The molecular formula is C16H9Cl2N3OS2. The average molecular weight is 394 g/mol. The van der Waals surface area contributed by atoms with E-state index in [1.54, 1.807) is 12.3 Å². The van der Waals surface area contributed by atoms with E-state index in [0.29, 0.717) is 25.1 Å². The highest BCUT2D eigenvalue weighted by Gasteiger charge is 2.16. The summed E-state index contributed by atoms with van der Waals surface area (Å²) in [6.45, 7) is 0. The molecule has 3 heterocycles. The number of carbonyl (C=O) groups is 1. The fourth-order valence-corrected chi connectivity index (χ4v) is 4.58. The number of para-hydroxylation sites is 1. The molecule has 0 unspecified atom stereocenters. The van der Waals surface area contributed by atoms with Crippen LogP contribution >= 0.6 is 45.9 Å². The molecule has 1 amide bonds. The first-order valence-electron chi connectivity index (χ1n) is 6.90. The lowest BCUT2D eigenvalue weighted by molar-refractivity contribution is 0.102. The van der Waals surface area contributed by atoms with Crippen molar-refractivity contribution in [3.63, 3.8) is 0 Å². The van der Waals surface area contributed by atoms with E-state index < -0.39 is 0 Å². The minimum absolute atomic E-state index is 0.206. The molecule has 8 heteroatoms. The van der Waals surface area contributed by atoms with E-state index in [-0.39, 0.29) is 5.91 Å². The SMILES string of the molecule is O=C(Nc1nc(-c2cc(Cl)sc2Cl)cs1)c1c[nH]c2ccccc12. The van der Waals surface area contributed by atoms with Crippen molar-refractivity contribution in [1.29, 1.82) is 0 Å². The van der Waals surface area contributed by atoms with E-state index in [4.69, 9.17) is 23.2 Å². The third-order valence-electron chi connectivity index (χ3n) is 3.49. The first-order chi connectivity index (χ1) is 11.6. The van der Waals surface area contributed by atoms with Crippen LogP contribution in [-0.2, 0) is 0 Å². The van der Waals surface area contributed by atoms with Gasteiger partial charge in [0.1, 0.15) is 4.34 Å². The number of nitrogens with one attached hydrogen (secondary N) is 2. The van der Waals surface area contributed by atoms with Gasteiger partial charge in [0, 0.05) is 28.0 Å². The summed E-state index contributed by atoms with van der Waals surface area (Å²) in [5.41, 5.74) is 2.97. The number of carbonyl (C=O) groups excluding carboxylic acids is 1. The Kier molecular flexibility index (Phi) is 4.05. The minimum Gasteiger partial charge on any atom is -0.360 e. The number of hydrogen-bond donors (Lipinski definition) is 2. The normalized spacial score (nSPS) is 11.1.